The van der Waals surface area contributed by atoms with Crippen molar-refractivity contribution < 1.29 is 14.6 Å². The molecule has 1 saturated heterocycles. The molecule has 0 saturated carbocycles. The fourth-order valence-electron chi connectivity index (χ4n) is 3.41. The number of hydrogen-bond donors (Lipinski definition) is 2. The molecule has 1 aromatic carbocycles. The third-order valence-electron chi connectivity index (χ3n) is 4.94. The number of para-hydroxylation sites is 1. The molecule has 2 rings (SSSR count). The highest BCUT2D eigenvalue weighted by molar-refractivity contribution is 5.78. The maximum absolute atomic E-state index is 12.2. The van der Waals surface area contributed by atoms with Crippen molar-refractivity contribution in [3.8, 4) is 5.75 Å². The van der Waals surface area contributed by atoms with Crippen LogP contribution in [0, 0.1) is 0 Å². The highest BCUT2D eigenvalue weighted by Crippen LogP contribution is 2.31. The number of aliphatic hydroxyl groups excluding tert-OH is 1. The number of likely N-dealkylation sites (tertiary alicyclic amines) is 1. The van der Waals surface area contributed by atoms with E-state index in [1.807, 2.05) is 24.3 Å². The Morgan fingerprint density at radius 3 is 2.91 bits per heavy atom. The van der Waals surface area contributed by atoms with Crippen molar-refractivity contribution in [1.29, 1.82) is 0 Å². The number of hydrogen-bond acceptors (Lipinski definition) is 4. The standard InChI is InChI=1S/C18H28N2O3/c1-3-18(14-21)10-6-12-20(18)13-17(22)19-11-9-15-7-4-5-8-16(15)23-2/h4-5,7-8,21H,3,6,9-14H2,1-2H3,(H,19,22)/t18-/m1/s1. The molecular formula is C18H28N2O3. The Kier molecular flexibility index (Phi) is 6.42. The first-order valence-electron chi connectivity index (χ1n) is 8.39. The van der Waals surface area contributed by atoms with Crippen molar-refractivity contribution in [2.75, 3.05) is 33.4 Å². The van der Waals surface area contributed by atoms with Gasteiger partial charge in [-0.15, -0.1) is 0 Å². The maximum atomic E-state index is 12.2. The smallest absolute Gasteiger partial charge is 0.234 e. The molecule has 1 fully saturated rings. The fraction of sp³-hybridized carbons (Fsp3) is 0.611. The second-order valence-corrected chi connectivity index (χ2v) is 6.17. The number of carbonyl (C=O) groups is 1. The molecule has 0 aromatic heterocycles. The minimum atomic E-state index is -0.208. The molecule has 5 nitrogen and oxygen atoms in total. The molecule has 1 aromatic rings. The van der Waals surface area contributed by atoms with Gasteiger partial charge in [0.15, 0.2) is 0 Å². The normalized spacial score (nSPS) is 21.3. The number of nitrogens with one attached hydrogen (secondary N) is 1. The highest BCUT2D eigenvalue weighted by Gasteiger charge is 2.39. The Morgan fingerprint density at radius 2 is 2.22 bits per heavy atom. The van der Waals surface area contributed by atoms with Crippen molar-refractivity contribution in [2.24, 2.45) is 0 Å². The Balaban J connectivity index is 1.81. The Hall–Kier alpha value is -1.59. The number of aliphatic hydroxyl groups is 1. The van der Waals surface area contributed by atoms with Crippen LogP contribution in [0.5, 0.6) is 5.75 Å². The van der Waals surface area contributed by atoms with Crippen molar-refractivity contribution in [2.45, 2.75) is 38.1 Å². The molecule has 1 amide bonds. The molecule has 0 radical (unpaired) electrons. The van der Waals surface area contributed by atoms with E-state index < -0.39 is 0 Å². The van der Waals surface area contributed by atoms with E-state index in [0.29, 0.717) is 13.1 Å². The van der Waals surface area contributed by atoms with Crippen molar-refractivity contribution in [1.82, 2.24) is 10.2 Å². The second-order valence-electron chi connectivity index (χ2n) is 6.17. The van der Waals surface area contributed by atoms with E-state index in [1.165, 1.54) is 0 Å². The number of ether oxygens (including phenoxy) is 1. The Labute approximate surface area is 138 Å². The molecule has 2 N–H and O–H groups in total. The van der Waals surface area contributed by atoms with E-state index in [4.69, 9.17) is 4.74 Å². The molecule has 0 bridgehead atoms. The van der Waals surface area contributed by atoms with Gasteiger partial charge in [-0.05, 0) is 43.9 Å². The van der Waals surface area contributed by atoms with Crippen LogP contribution in [0.4, 0.5) is 0 Å². The molecule has 128 valence electrons. The number of carbonyl (C=O) groups excluding carboxylic acids is 1. The predicted molar refractivity (Wildman–Crippen MR) is 90.6 cm³/mol. The van der Waals surface area contributed by atoms with Gasteiger partial charge < -0.3 is 15.2 Å². The lowest BCUT2D eigenvalue weighted by Gasteiger charge is -2.35. The zero-order valence-corrected chi connectivity index (χ0v) is 14.2. The van der Waals surface area contributed by atoms with Gasteiger partial charge in [0.2, 0.25) is 5.91 Å². The summed E-state index contributed by atoms with van der Waals surface area (Å²) in [6, 6.07) is 7.85. The van der Waals surface area contributed by atoms with Crippen LogP contribution in [0.15, 0.2) is 24.3 Å². The zero-order valence-electron chi connectivity index (χ0n) is 14.2. The molecule has 1 atom stereocenters. The molecule has 5 heteroatoms. The predicted octanol–water partition coefficient (Wildman–Crippen LogP) is 1.59. The van der Waals surface area contributed by atoms with Gasteiger partial charge in [0.1, 0.15) is 5.75 Å². The lowest BCUT2D eigenvalue weighted by molar-refractivity contribution is -0.123. The summed E-state index contributed by atoms with van der Waals surface area (Å²) in [7, 11) is 1.66. The largest absolute Gasteiger partial charge is 0.496 e. The van der Waals surface area contributed by atoms with Crippen molar-refractivity contribution in [3.63, 3.8) is 0 Å². The molecular weight excluding hydrogens is 292 g/mol. The maximum Gasteiger partial charge on any atom is 0.234 e. The van der Waals surface area contributed by atoms with Gasteiger partial charge in [0.05, 0.1) is 20.3 Å². The summed E-state index contributed by atoms with van der Waals surface area (Å²) in [6.07, 6.45) is 3.63. The van der Waals surface area contributed by atoms with Crippen LogP contribution >= 0.6 is 0 Å². The molecule has 0 spiro atoms. The summed E-state index contributed by atoms with van der Waals surface area (Å²) in [5.74, 6) is 0.875. The van der Waals surface area contributed by atoms with Crippen LogP contribution in [-0.2, 0) is 11.2 Å². The third kappa shape index (κ3) is 4.24. The van der Waals surface area contributed by atoms with Gasteiger partial charge in [0, 0.05) is 12.1 Å². The Morgan fingerprint density at radius 1 is 1.43 bits per heavy atom. The van der Waals surface area contributed by atoms with Crippen LogP contribution < -0.4 is 10.1 Å². The van der Waals surface area contributed by atoms with Gasteiger partial charge >= 0.3 is 0 Å². The SMILES string of the molecule is CC[C@]1(CO)CCCN1CC(=O)NCCc1ccccc1OC. The van der Waals surface area contributed by atoms with E-state index >= 15 is 0 Å². The number of benzene rings is 1. The summed E-state index contributed by atoms with van der Waals surface area (Å²) >= 11 is 0. The van der Waals surface area contributed by atoms with Crippen molar-refractivity contribution >= 4 is 5.91 Å². The molecule has 1 heterocycles. The zero-order chi connectivity index (χ0) is 16.7. The van der Waals surface area contributed by atoms with Gasteiger partial charge in [-0.3, -0.25) is 9.69 Å². The van der Waals surface area contributed by atoms with E-state index in [2.05, 4.69) is 17.1 Å². The first-order valence-corrected chi connectivity index (χ1v) is 8.39. The minimum Gasteiger partial charge on any atom is -0.496 e. The molecule has 1 aliphatic rings. The number of amides is 1. The molecule has 1 aliphatic heterocycles. The van der Waals surface area contributed by atoms with Crippen LogP contribution in [0.2, 0.25) is 0 Å². The van der Waals surface area contributed by atoms with Crippen molar-refractivity contribution in [3.05, 3.63) is 29.8 Å². The number of rotatable bonds is 8. The van der Waals surface area contributed by atoms with Crippen LogP contribution in [-0.4, -0.2) is 54.8 Å². The fourth-order valence-corrected chi connectivity index (χ4v) is 3.41. The first-order chi connectivity index (χ1) is 11.1. The topological polar surface area (TPSA) is 61.8 Å². The minimum absolute atomic E-state index is 0.0214. The van der Waals surface area contributed by atoms with Gasteiger partial charge in [0.25, 0.3) is 0 Å². The summed E-state index contributed by atoms with van der Waals surface area (Å²) < 4.78 is 5.32. The molecule has 0 aliphatic carbocycles. The van der Waals surface area contributed by atoms with E-state index in [-0.39, 0.29) is 18.1 Å². The van der Waals surface area contributed by atoms with E-state index in [9.17, 15) is 9.90 Å². The summed E-state index contributed by atoms with van der Waals surface area (Å²) in [6.45, 7) is 4.03. The quantitative estimate of drug-likeness (QED) is 0.764. The van der Waals surface area contributed by atoms with Gasteiger partial charge in [-0.1, -0.05) is 25.1 Å². The molecule has 23 heavy (non-hydrogen) atoms. The van der Waals surface area contributed by atoms with Crippen LogP contribution in [0.3, 0.4) is 0 Å². The summed E-state index contributed by atoms with van der Waals surface area (Å²) in [5.41, 5.74) is 0.884. The highest BCUT2D eigenvalue weighted by atomic mass is 16.5. The van der Waals surface area contributed by atoms with Gasteiger partial charge in [-0.2, -0.15) is 0 Å². The third-order valence-corrected chi connectivity index (χ3v) is 4.94. The lowest BCUT2D eigenvalue weighted by atomic mass is 9.94. The first kappa shape index (κ1) is 17.8. The van der Waals surface area contributed by atoms with E-state index in [0.717, 1.165) is 43.5 Å². The number of nitrogens with zero attached hydrogens (tertiary/aromatic N) is 1. The van der Waals surface area contributed by atoms with Gasteiger partial charge in [-0.25, -0.2) is 0 Å². The summed E-state index contributed by atoms with van der Waals surface area (Å²) in [4.78, 5) is 14.3. The second kappa shape index (κ2) is 8.31. The lowest BCUT2D eigenvalue weighted by Crippen LogP contribution is -2.50. The molecule has 0 unspecified atom stereocenters. The average Bonchev–Trinajstić information content (AvgIpc) is 2.98. The summed E-state index contributed by atoms with van der Waals surface area (Å²) in [5, 5.41) is 12.7. The monoisotopic (exact) mass is 320 g/mol. The van der Waals surface area contributed by atoms with Crippen LogP contribution in [0.25, 0.3) is 0 Å². The van der Waals surface area contributed by atoms with E-state index in [1.54, 1.807) is 7.11 Å². The average molecular weight is 320 g/mol. The van der Waals surface area contributed by atoms with Crippen LogP contribution in [0.1, 0.15) is 31.7 Å². The Bertz CT molecular complexity index is 515. The number of methoxy groups -OCH3 is 1.